The SMILES string of the molecule is COCc1cc(N2CCN3C(=O)NCC3C2)nc(C(C)(C)C)n1. The van der Waals surface area contributed by atoms with Gasteiger partial charge in [0, 0.05) is 44.8 Å². The highest BCUT2D eigenvalue weighted by molar-refractivity contribution is 5.77. The Labute approximate surface area is 137 Å². The van der Waals surface area contributed by atoms with Gasteiger partial charge in [0.1, 0.15) is 11.6 Å². The van der Waals surface area contributed by atoms with Crippen LogP contribution in [0.25, 0.3) is 0 Å². The molecule has 0 aliphatic carbocycles. The molecule has 0 aromatic carbocycles. The third-order valence-corrected chi connectivity index (χ3v) is 4.29. The number of urea groups is 1. The zero-order valence-corrected chi connectivity index (χ0v) is 14.3. The Balaban J connectivity index is 1.87. The predicted octanol–water partition coefficient (Wildman–Crippen LogP) is 1.13. The van der Waals surface area contributed by atoms with Crippen LogP contribution in [0.3, 0.4) is 0 Å². The molecule has 3 rings (SSSR count). The molecule has 2 aliphatic heterocycles. The number of piperazine rings is 1. The van der Waals surface area contributed by atoms with Crippen LogP contribution in [0, 0.1) is 0 Å². The average Bonchev–Trinajstić information content (AvgIpc) is 2.87. The van der Waals surface area contributed by atoms with Crippen molar-refractivity contribution in [3.05, 3.63) is 17.6 Å². The van der Waals surface area contributed by atoms with Crippen molar-refractivity contribution >= 4 is 11.8 Å². The fourth-order valence-electron chi connectivity index (χ4n) is 3.01. The van der Waals surface area contributed by atoms with Gasteiger partial charge < -0.3 is 19.9 Å². The number of hydrogen-bond donors (Lipinski definition) is 1. The molecule has 7 heteroatoms. The summed E-state index contributed by atoms with van der Waals surface area (Å²) in [6, 6.07) is 2.27. The van der Waals surface area contributed by atoms with E-state index in [9.17, 15) is 4.79 Å². The number of nitrogens with one attached hydrogen (secondary N) is 1. The number of carbonyl (C=O) groups is 1. The van der Waals surface area contributed by atoms with Crippen LogP contribution in [-0.4, -0.2) is 60.2 Å². The van der Waals surface area contributed by atoms with Crippen molar-refractivity contribution < 1.29 is 9.53 Å². The summed E-state index contributed by atoms with van der Waals surface area (Å²) in [4.78, 5) is 25.3. The summed E-state index contributed by atoms with van der Waals surface area (Å²) in [6.45, 7) is 9.83. The number of rotatable bonds is 3. The van der Waals surface area contributed by atoms with Crippen molar-refractivity contribution in [2.24, 2.45) is 0 Å². The zero-order chi connectivity index (χ0) is 16.6. The molecule has 1 aromatic rings. The molecule has 2 fully saturated rings. The highest BCUT2D eigenvalue weighted by Crippen LogP contribution is 2.25. The summed E-state index contributed by atoms with van der Waals surface area (Å²) in [7, 11) is 1.67. The predicted molar refractivity (Wildman–Crippen MR) is 87.6 cm³/mol. The lowest BCUT2D eigenvalue weighted by Crippen LogP contribution is -2.52. The first kappa shape index (κ1) is 16.0. The van der Waals surface area contributed by atoms with Crippen LogP contribution in [0.1, 0.15) is 32.3 Å². The topological polar surface area (TPSA) is 70.6 Å². The van der Waals surface area contributed by atoms with E-state index in [-0.39, 0.29) is 17.5 Å². The van der Waals surface area contributed by atoms with Gasteiger partial charge in [0.15, 0.2) is 0 Å². The summed E-state index contributed by atoms with van der Waals surface area (Å²) < 4.78 is 5.25. The molecule has 0 radical (unpaired) electrons. The van der Waals surface area contributed by atoms with Gasteiger partial charge in [0.2, 0.25) is 0 Å². The van der Waals surface area contributed by atoms with Crippen molar-refractivity contribution in [3.8, 4) is 0 Å². The lowest BCUT2D eigenvalue weighted by atomic mass is 9.95. The van der Waals surface area contributed by atoms with E-state index < -0.39 is 0 Å². The van der Waals surface area contributed by atoms with Gasteiger partial charge in [-0.1, -0.05) is 20.8 Å². The first-order valence-corrected chi connectivity index (χ1v) is 8.05. The minimum atomic E-state index is -0.120. The fraction of sp³-hybridized carbons (Fsp3) is 0.688. The molecule has 1 atom stereocenters. The van der Waals surface area contributed by atoms with Crippen molar-refractivity contribution in [1.29, 1.82) is 0 Å². The molecule has 1 unspecified atom stereocenters. The highest BCUT2D eigenvalue weighted by atomic mass is 16.5. The maximum Gasteiger partial charge on any atom is 0.317 e. The van der Waals surface area contributed by atoms with Crippen molar-refractivity contribution in [3.63, 3.8) is 0 Å². The Morgan fingerprint density at radius 1 is 1.35 bits per heavy atom. The number of nitrogens with zero attached hydrogens (tertiary/aromatic N) is 4. The van der Waals surface area contributed by atoms with Gasteiger partial charge >= 0.3 is 6.03 Å². The Bertz CT molecular complexity index is 599. The fourth-order valence-corrected chi connectivity index (χ4v) is 3.01. The number of amides is 2. The molecule has 0 saturated carbocycles. The van der Waals surface area contributed by atoms with Gasteiger partial charge in [-0.15, -0.1) is 0 Å². The monoisotopic (exact) mass is 319 g/mol. The molecule has 1 aromatic heterocycles. The maximum absolute atomic E-state index is 11.7. The van der Waals surface area contributed by atoms with Gasteiger partial charge in [-0.05, 0) is 0 Å². The summed E-state index contributed by atoms with van der Waals surface area (Å²) >= 11 is 0. The van der Waals surface area contributed by atoms with E-state index in [1.807, 2.05) is 11.0 Å². The minimum absolute atomic E-state index is 0.0489. The van der Waals surface area contributed by atoms with Crippen molar-refractivity contribution in [1.82, 2.24) is 20.2 Å². The first-order chi connectivity index (χ1) is 10.9. The molecule has 0 spiro atoms. The van der Waals surface area contributed by atoms with Crippen LogP contribution in [-0.2, 0) is 16.8 Å². The van der Waals surface area contributed by atoms with Crippen molar-refractivity contribution in [2.75, 3.05) is 38.2 Å². The largest absolute Gasteiger partial charge is 0.378 e. The molecule has 3 heterocycles. The molecule has 7 nitrogen and oxygen atoms in total. The van der Waals surface area contributed by atoms with Gasteiger partial charge in [0.25, 0.3) is 0 Å². The van der Waals surface area contributed by atoms with E-state index in [0.717, 1.165) is 37.0 Å². The molecular weight excluding hydrogens is 294 g/mol. The minimum Gasteiger partial charge on any atom is -0.378 e. The lowest BCUT2D eigenvalue weighted by Gasteiger charge is -2.37. The van der Waals surface area contributed by atoms with Gasteiger partial charge in [0.05, 0.1) is 18.3 Å². The zero-order valence-electron chi connectivity index (χ0n) is 14.3. The second-order valence-electron chi connectivity index (χ2n) is 7.20. The Hall–Kier alpha value is -1.89. The quantitative estimate of drug-likeness (QED) is 0.904. The Kier molecular flexibility index (Phi) is 4.14. The van der Waals surface area contributed by atoms with Crippen LogP contribution in [0.5, 0.6) is 0 Å². The summed E-state index contributed by atoms with van der Waals surface area (Å²) in [5.74, 6) is 1.75. The van der Waals surface area contributed by atoms with Crippen LogP contribution >= 0.6 is 0 Å². The smallest absolute Gasteiger partial charge is 0.317 e. The standard InChI is InChI=1S/C16H25N5O2/c1-16(2,3)14-18-11(10-23-4)7-13(19-14)20-5-6-21-12(9-20)8-17-15(21)22/h7,12H,5-6,8-10H2,1-4H3,(H,17,22). The van der Waals surface area contributed by atoms with Gasteiger partial charge in [-0.2, -0.15) is 0 Å². The van der Waals surface area contributed by atoms with E-state index >= 15 is 0 Å². The molecular formula is C16H25N5O2. The number of methoxy groups -OCH3 is 1. The highest BCUT2D eigenvalue weighted by Gasteiger charge is 2.36. The van der Waals surface area contributed by atoms with Crippen LogP contribution < -0.4 is 10.2 Å². The van der Waals surface area contributed by atoms with Gasteiger partial charge in [-0.3, -0.25) is 0 Å². The summed E-state index contributed by atoms with van der Waals surface area (Å²) in [6.07, 6.45) is 0. The van der Waals surface area contributed by atoms with Crippen LogP contribution in [0.4, 0.5) is 10.6 Å². The maximum atomic E-state index is 11.7. The molecule has 2 aliphatic rings. The van der Waals surface area contributed by atoms with Gasteiger partial charge in [-0.25, -0.2) is 14.8 Å². The summed E-state index contributed by atoms with van der Waals surface area (Å²) in [5, 5.41) is 2.91. The molecule has 0 bridgehead atoms. The first-order valence-electron chi connectivity index (χ1n) is 8.05. The molecule has 1 N–H and O–H groups in total. The number of anilines is 1. The second-order valence-corrected chi connectivity index (χ2v) is 7.20. The van der Waals surface area contributed by atoms with Crippen LogP contribution in [0.2, 0.25) is 0 Å². The van der Waals surface area contributed by atoms with E-state index in [4.69, 9.17) is 9.72 Å². The lowest BCUT2D eigenvalue weighted by molar-refractivity contribution is 0.180. The van der Waals surface area contributed by atoms with E-state index in [2.05, 4.69) is 36.0 Å². The number of ether oxygens (including phenoxy) is 1. The number of aromatic nitrogens is 2. The third kappa shape index (κ3) is 3.24. The molecule has 2 saturated heterocycles. The number of hydrogen-bond acceptors (Lipinski definition) is 5. The number of carbonyl (C=O) groups excluding carboxylic acids is 1. The Morgan fingerprint density at radius 3 is 2.83 bits per heavy atom. The molecule has 126 valence electrons. The van der Waals surface area contributed by atoms with Crippen molar-refractivity contribution in [2.45, 2.75) is 38.8 Å². The van der Waals surface area contributed by atoms with Crippen LogP contribution in [0.15, 0.2) is 6.07 Å². The Morgan fingerprint density at radius 2 is 2.13 bits per heavy atom. The molecule has 2 amide bonds. The second kappa shape index (κ2) is 5.96. The molecule has 23 heavy (non-hydrogen) atoms. The summed E-state index contributed by atoms with van der Waals surface area (Å²) in [5.41, 5.74) is 0.774. The third-order valence-electron chi connectivity index (χ3n) is 4.29. The van der Waals surface area contributed by atoms with E-state index in [1.165, 1.54) is 0 Å². The van der Waals surface area contributed by atoms with E-state index in [0.29, 0.717) is 13.2 Å². The average molecular weight is 319 g/mol. The number of fused-ring (bicyclic) bond motifs is 1. The van der Waals surface area contributed by atoms with E-state index in [1.54, 1.807) is 7.11 Å². The normalized spacial score (nSPS) is 21.4.